The standard InChI is InChI=1S/C14H8O5/c15-12-9-5-7-3-1-2-4-8(7)6-10(9)19-14(18)11(12)13(16)17/h1-6,15H,(H,16,17). The number of carbonyl (C=O) groups is 1. The fourth-order valence-electron chi connectivity index (χ4n) is 2.06. The van der Waals surface area contributed by atoms with Crippen molar-refractivity contribution in [3.63, 3.8) is 0 Å². The van der Waals surface area contributed by atoms with Gasteiger partial charge in [0.25, 0.3) is 0 Å². The first kappa shape index (κ1) is 11.3. The lowest BCUT2D eigenvalue weighted by atomic mass is 10.1. The van der Waals surface area contributed by atoms with Crippen LogP contribution in [0.3, 0.4) is 0 Å². The highest BCUT2D eigenvalue weighted by Gasteiger charge is 2.20. The van der Waals surface area contributed by atoms with E-state index in [2.05, 4.69) is 0 Å². The minimum Gasteiger partial charge on any atom is -0.506 e. The van der Waals surface area contributed by atoms with Crippen LogP contribution in [0.2, 0.25) is 0 Å². The monoisotopic (exact) mass is 256 g/mol. The van der Waals surface area contributed by atoms with Gasteiger partial charge in [0.05, 0.1) is 5.39 Å². The molecule has 0 radical (unpaired) electrons. The third-order valence-corrected chi connectivity index (χ3v) is 2.96. The second-order valence-electron chi connectivity index (χ2n) is 4.11. The second-order valence-corrected chi connectivity index (χ2v) is 4.11. The number of benzene rings is 2. The quantitative estimate of drug-likeness (QED) is 0.515. The summed E-state index contributed by atoms with van der Waals surface area (Å²) in [6, 6.07) is 10.5. The molecule has 3 rings (SSSR count). The topological polar surface area (TPSA) is 87.7 Å². The van der Waals surface area contributed by atoms with Gasteiger partial charge in [-0.05, 0) is 22.9 Å². The average Bonchev–Trinajstić information content (AvgIpc) is 2.36. The van der Waals surface area contributed by atoms with Crippen molar-refractivity contribution in [1.29, 1.82) is 0 Å². The molecule has 94 valence electrons. The zero-order valence-electron chi connectivity index (χ0n) is 9.58. The fourth-order valence-corrected chi connectivity index (χ4v) is 2.06. The Kier molecular flexibility index (Phi) is 2.28. The Hall–Kier alpha value is -2.82. The minimum atomic E-state index is -1.51. The Labute approximate surface area is 106 Å². The van der Waals surface area contributed by atoms with Crippen LogP contribution in [0, 0.1) is 0 Å². The molecule has 0 aliphatic carbocycles. The molecule has 1 aromatic heterocycles. The summed E-state index contributed by atoms with van der Waals surface area (Å²) in [5.74, 6) is -2.08. The lowest BCUT2D eigenvalue weighted by Crippen LogP contribution is -2.13. The number of fused-ring (bicyclic) bond motifs is 2. The van der Waals surface area contributed by atoms with Crippen molar-refractivity contribution in [1.82, 2.24) is 0 Å². The van der Waals surface area contributed by atoms with E-state index in [1.807, 2.05) is 24.3 Å². The van der Waals surface area contributed by atoms with E-state index in [4.69, 9.17) is 9.52 Å². The van der Waals surface area contributed by atoms with Crippen LogP contribution in [-0.2, 0) is 0 Å². The number of rotatable bonds is 1. The number of carboxylic acid groups (broad SMARTS) is 1. The Morgan fingerprint density at radius 3 is 2.37 bits per heavy atom. The van der Waals surface area contributed by atoms with E-state index >= 15 is 0 Å². The van der Waals surface area contributed by atoms with Crippen LogP contribution in [0.5, 0.6) is 5.75 Å². The normalized spacial score (nSPS) is 10.9. The van der Waals surface area contributed by atoms with Gasteiger partial charge >= 0.3 is 11.6 Å². The third kappa shape index (κ3) is 1.63. The molecule has 3 aromatic rings. The lowest BCUT2D eigenvalue weighted by Gasteiger charge is -2.05. The molecule has 0 unspecified atom stereocenters. The molecule has 1 heterocycles. The summed E-state index contributed by atoms with van der Waals surface area (Å²) in [5.41, 5.74) is -1.65. The Morgan fingerprint density at radius 2 is 1.74 bits per heavy atom. The summed E-state index contributed by atoms with van der Waals surface area (Å²) in [5, 5.41) is 20.7. The lowest BCUT2D eigenvalue weighted by molar-refractivity contribution is 0.0689. The predicted octanol–water partition coefficient (Wildman–Crippen LogP) is 2.35. The smallest absolute Gasteiger partial charge is 0.354 e. The molecule has 19 heavy (non-hydrogen) atoms. The van der Waals surface area contributed by atoms with Crippen LogP contribution in [-0.4, -0.2) is 16.2 Å². The molecule has 5 heteroatoms. The average molecular weight is 256 g/mol. The van der Waals surface area contributed by atoms with Gasteiger partial charge in [-0.2, -0.15) is 0 Å². The predicted molar refractivity (Wildman–Crippen MR) is 68.6 cm³/mol. The SMILES string of the molecule is O=C(O)c1c(O)c2cc3ccccc3cc2oc1=O. The molecule has 2 N–H and O–H groups in total. The highest BCUT2D eigenvalue weighted by Crippen LogP contribution is 2.30. The minimum absolute atomic E-state index is 0.159. The van der Waals surface area contributed by atoms with Crippen molar-refractivity contribution in [3.05, 3.63) is 52.4 Å². The summed E-state index contributed by atoms with van der Waals surface area (Å²) < 4.78 is 4.95. The summed E-state index contributed by atoms with van der Waals surface area (Å²) in [4.78, 5) is 22.5. The number of aromatic hydroxyl groups is 1. The van der Waals surface area contributed by atoms with Gasteiger partial charge in [-0.1, -0.05) is 24.3 Å². The van der Waals surface area contributed by atoms with Crippen LogP contribution in [0.1, 0.15) is 10.4 Å². The second kappa shape index (κ2) is 3.84. The molecule has 0 aliphatic rings. The summed E-state index contributed by atoms with van der Waals surface area (Å²) in [7, 11) is 0. The van der Waals surface area contributed by atoms with E-state index in [0.717, 1.165) is 10.8 Å². The van der Waals surface area contributed by atoms with E-state index in [1.54, 1.807) is 12.1 Å². The van der Waals surface area contributed by atoms with Gasteiger partial charge in [0, 0.05) is 0 Å². The van der Waals surface area contributed by atoms with Crippen LogP contribution in [0.25, 0.3) is 21.7 Å². The molecule has 0 amide bonds. The van der Waals surface area contributed by atoms with Crippen LogP contribution in [0.4, 0.5) is 0 Å². The molecule has 5 nitrogen and oxygen atoms in total. The van der Waals surface area contributed by atoms with Gasteiger partial charge in [-0.15, -0.1) is 0 Å². The van der Waals surface area contributed by atoms with Gasteiger partial charge in [-0.3, -0.25) is 0 Å². The molecule has 0 fully saturated rings. The van der Waals surface area contributed by atoms with Crippen molar-refractivity contribution in [2.45, 2.75) is 0 Å². The van der Waals surface area contributed by atoms with E-state index < -0.39 is 22.9 Å². The third-order valence-electron chi connectivity index (χ3n) is 2.96. The van der Waals surface area contributed by atoms with E-state index in [9.17, 15) is 14.7 Å². The van der Waals surface area contributed by atoms with Crippen LogP contribution >= 0.6 is 0 Å². The zero-order chi connectivity index (χ0) is 13.6. The highest BCUT2D eigenvalue weighted by atomic mass is 16.4. The van der Waals surface area contributed by atoms with Gasteiger partial charge in [0.2, 0.25) is 0 Å². The number of aromatic carboxylic acids is 1. The molecular weight excluding hydrogens is 248 g/mol. The summed E-state index contributed by atoms with van der Waals surface area (Å²) in [6.07, 6.45) is 0. The van der Waals surface area contributed by atoms with Crippen molar-refractivity contribution in [2.24, 2.45) is 0 Å². The van der Waals surface area contributed by atoms with E-state index in [1.165, 1.54) is 0 Å². The molecule has 0 saturated heterocycles. The van der Waals surface area contributed by atoms with Gasteiger partial charge in [-0.25, -0.2) is 9.59 Å². The van der Waals surface area contributed by atoms with Crippen molar-refractivity contribution < 1.29 is 19.4 Å². The Morgan fingerprint density at radius 1 is 1.11 bits per heavy atom. The first-order valence-corrected chi connectivity index (χ1v) is 5.50. The maximum atomic E-state index is 11.5. The molecule has 0 spiro atoms. The first-order chi connectivity index (χ1) is 9.08. The maximum absolute atomic E-state index is 11.5. The number of hydrogen-bond donors (Lipinski definition) is 2. The van der Waals surface area contributed by atoms with E-state index in [-0.39, 0.29) is 11.0 Å². The molecule has 2 aromatic carbocycles. The van der Waals surface area contributed by atoms with Gasteiger partial charge < -0.3 is 14.6 Å². The van der Waals surface area contributed by atoms with Crippen molar-refractivity contribution in [3.8, 4) is 5.75 Å². The maximum Gasteiger partial charge on any atom is 0.354 e. The van der Waals surface area contributed by atoms with E-state index in [0.29, 0.717) is 0 Å². The Balaban J connectivity index is 2.52. The van der Waals surface area contributed by atoms with Crippen molar-refractivity contribution >= 4 is 27.7 Å². The molecule has 0 bridgehead atoms. The number of hydrogen-bond acceptors (Lipinski definition) is 4. The van der Waals surface area contributed by atoms with Gasteiger partial charge in [0.1, 0.15) is 11.3 Å². The fraction of sp³-hybridized carbons (Fsp3) is 0. The van der Waals surface area contributed by atoms with Crippen LogP contribution in [0.15, 0.2) is 45.6 Å². The zero-order valence-corrected chi connectivity index (χ0v) is 9.58. The first-order valence-electron chi connectivity index (χ1n) is 5.50. The van der Waals surface area contributed by atoms with Crippen LogP contribution < -0.4 is 5.63 Å². The molecule has 0 atom stereocenters. The number of carboxylic acids is 1. The largest absolute Gasteiger partial charge is 0.506 e. The summed E-state index contributed by atoms with van der Waals surface area (Å²) in [6.45, 7) is 0. The molecule has 0 aliphatic heterocycles. The van der Waals surface area contributed by atoms with Gasteiger partial charge in [0.15, 0.2) is 5.56 Å². The Bertz CT molecular complexity index is 876. The highest BCUT2D eigenvalue weighted by molar-refractivity contribution is 6.02. The summed E-state index contributed by atoms with van der Waals surface area (Å²) >= 11 is 0. The molecule has 0 saturated carbocycles. The molecular formula is C14H8O5. The van der Waals surface area contributed by atoms with Crippen molar-refractivity contribution in [2.75, 3.05) is 0 Å².